The highest BCUT2D eigenvalue weighted by molar-refractivity contribution is 7.09. The molecule has 1 aromatic heterocycles. The molecular formula is C16H19N3O4S. The van der Waals surface area contributed by atoms with E-state index in [1.807, 2.05) is 5.38 Å². The number of rotatable bonds is 8. The molecule has 24 heavy (non-hydrogen) atoms. The Labute approximate surface area is 143 Å². The molecule has 0 saturated carbocycles. The molecule has 0 bridgehead atoms. The lowest BCUT2D eigenvalue weighted by molar-refractivity contribution is -0.116. The fourth-order valence-corrected chi connectivity index (χ4v) is 2.84. The predicted molar refractivity (Wildman–Crippen MR) is 91.7 cm³/mol. The van der Waals surface area contributed by atoms with E-state index in [4.69, 9.17) is 15.2 Å². The molecule has 0 atom stereocenters. The van der Waals surface area contributed by atoms with Crippen molar-refractivity contribution in [3.05, 3.63) is 34.3 Å². The Morgan fingerprint density at radius 1 is 1.25 bits per heavy atom. The van der Waals surface area contributed by atoms with Gasteiger partial charge in [-0.25, -0.2) is 4.98 Å². The average molecular weight is 349 g/mol. The number of carbonyl (C=O) groups is 2. The summed E-state index contributed by atoms with van der Waals surface area (Å²) in [6.07, 6.45) is 3.45. The van der Waals surface area contributed by atoms with Gasteiger partial charge in [0.05, 0.1) is 30.5 Å². The maximum absolute atomic E-state index is 12.1. The third-order valence-corrected chi connectivity index (χ3v) is 4.18. The van der Waals surface area contributed by atoms with Crippen molar-refractivity contribution in [2.24, 2.45) is 5.73 Å². The second-order valence-corrected chi connectivity index (χ2v) is 5.92. The number of benzene rings is 1. The number of hydrogen-bond donors (Lipinski definition) is 2. The number of aromatic nitrogens is 1. The zero-order chi connectivity index (χ0) is 17.5. The van der Waals surface area contributed by atoms with Crippen molar-refractivity contribution in [3.8, 4) is 11.5 Å². The summed E-state index contributed by atoms with van der Waals surface area (Å²) in [6, 6.07) is 2.98. The number of ether oxygens (including phenoxy) is 2. The summed E-state index contributed by atoms with van der Waals surface area (Å²) in [5.41, 5.74) is 5.85. The minimum Gasteiger partial charge on any atom is -0.493 e. The molecule has 3 N–H and O–H groups in total. The number of nitrogens with two attached hydrogens (primary N) is 1. The monoisotopic (exact) mass is 349 g/mol. The molecule has 1 heterocycles. The first-order chi connectivity index (χ1) is 11.5. The molecule has 0 radical (unpaired) electrons. The van der Waals surface area contributed by atoms with Crippen molar-refractivity contribution in [1.82, 2.24) is 4.98 Å². The molecule has 1 aromatic carbocycles. The van der Waals surface area contributed by atoms with Crippen molar-refractivity contribution in [2.75, 3.05) is 19.5 Å². The quantitative estimate of drug-likeness (QED) is 0.760. The van der Waals surface area contributed by atoms with Crippen LogP contribution in [0.4, 0.5) is 5.69 Å². The third-order valence-electron chi connectivity index (χ3n) is 3.34. The number of thiazole rings is 1. The van der Waals surface area contributed by atoms with E-state index in [0.717, 1.165) is 11.4 Å². The molecule has 0 saturated heterocycles. The standard InChI is InChI=1S/C16H19N3O4S/c1-22-12-8-10(16(17)21)11(9-13(12)23-2)19-14(20)4-3-5-15-18-6-7-24-15/h6-9H,3-5H2,1-2H3,(H2,17,21)(H,19,20). The van der Waals surface area contributed by atoms with Gasteiger partial charge in [-0.1, -0.05) is 0 Å². The Morgan fingerprint density at radius 3 is 2.54 bits per heavy atom. The first kappa shape index (κ1) is 17.7. The largest absolute Gasteiger partial charge is 0.493 e. The highest BCUT2D eigenvalue weighted by Crippen LogP contribution is 2.33. The van der Waals surface area contributed by atoms with Crippen LogP contribution in [0.3, 0.4) is 0 Å². The lowest BCUT2D eigenvalue weighted by Gasteiger charge is -2.14. The molecule has 0 spiro atoms. The van der Waals surface area contributed by atoms with Crippen LogP contribution in [0.15, 0.2) is 23.7 Å². The van der Waals surface area contributed by atoms with Gasteiger partial charge in [-0.3, -0.25) is 9.59 Å². The number of methoxy groups -OCH3 is 2. The molecule has 0 fully saturated rings. The minimum atomic E-state index is -0.658. The number of amides is 2. The second-order valence-electron chi connectivity index (χ2n) is 4.94. The Hall–Kier alpha value is -2.61. The predicted octanol–water partition coefficient (Wildman–Crippen LogP) is 2.22. The number of carbonyl (C=O) groups excluding carboxylic acids is 2. The first-order valence-electron chi connectivity index (χ1n) is 7.29. The second kappa shape index (κ2) is 8.30. The van der Waals surface area contributed by atoms with E-state index in [-0.39, 0.29) is 11.5 Å². The van der Waals surface area contributed by atoms with Crippen LogP contribution in [0.2, 0.25) is 0 Å². The number of aryl methyl sites for hydroxylation is 1. The molecule has 2 aromatic rings. The maximum atomic E-state index is 12.1. The molecule has 0 aliphatic carbocycles. The van der Waals surface area contributed by atoms with Crippen LogP contribution in [0.1, 0.15) is 28.2 Å². The minimum absolute atomic E-state index is 0.168. The van der Waals surface area contributed by atoms with E-state index in [1.54, 1.807) is 17.5 Å². The Balaban J connectivity index is 2.06. The fraction of sp³-hybridized carbons (Fsp3) is 0.312. The highest BCUT2D eigenvalue weighted by atomic mass is 32.1. The van der Waals surface area contributed by atoms with Crippen LogP contribution in [-0.2, 0) is 11.2 Å². The van der Waals surface area contributed by atoms with E-state index in [9.17, 15) is 9.59 Å². The van der Waals surface area contributed by atoms with Crippen molar-refractivity contribution in [1.29, 1.82) is 0 Å². The molecule has 0 aliphatic heterocycles. The van der Waals surface area contributed by atoms with E-state index in [0.29, 0.717) is 30.0 Å². The van der Waals surface area contributed by atoms with Crippen LogP contribution >= 0.6 is 11.3 Å². The summed E-state index contributed by atoms with van der Waals surface area (Å²) >= 11 is 1.56. The van der Waals surface area contributed by atoms with Gasteiger partial charge in [-0.15, -0.1) is 11.3 Å². The van der Waals surface area contributed by atoms with Crippen molar-refractivity contribution in [2.45, 2.75) is 19.3 Å². The normalized spacial score (nSPS) is 10.2. The van der Waals surface area contributed by atoms with Gasteiger partial charge >= 0.3 is 0 Å². The summed E-state index contributed by atoms with van der Waals surface area (Å²) in [4.78, 5) is 27.9. The number of anilines is 1. The number of hydrogen-bond acceptors (Lipinski definition) is 6. The maximum Gasteiger partial charge on any atom is 0.250 e. The van der Waals surface area contributed by atoms with Gasteiger partial charge in [0.15, 0.2) is 11.5 Å². The van der Waals surface area contributed by atoms with Gasteiger partial charge < -0.3 is 20.5 Å². The molecule has 8 heteroatoms. The van der Waals surface area contributed by atoms with Gasteiger partial charge in [0.2, 0.25) is 5.91 Å². The van der Waals surface area contributed by atoms with Crippen LogP contribution in [0.5, 0.6) is 11.5 Å². The lowest BCUT2D eigenvalue weighted by Crippen LogP contribution is -2.18. The smallest absolute Gasteiger partial charge is 0.250 e. The third kappa shape index (κ3) is 4.45. The van der Waals surface area contributed by atoms with Crippen LogP contribution in [-0.4, -0.2) is 31.0 Å². The van der Waals surface area contributed by atoms with E-state index < -0.39 is 5.91 Å². The molecule has 0 unspecified atom stereocenters. The van der Waals surface area contributed by atoms with Gasteiger partial charge in [0.25, 0.3) is 5.91 Å². The van der Waals surface area contributed by atoms with Crippen LogP contribution in [0, 0.1) is 0 Å². The number of nitrogens with zero attached hydrogens (tertiary/aromatic N) is 1. The summed E-state index contributed by atoms with van der Waals surface area (Å²) in [5, 5.41) is 5.60. The van der Waals surface area contributed by atoms with Gasteiger partial charge in [0, 0.05) is 24.1 Å². The summed E-state index contributed by atoms with van der Waals surface area (Å²) < 4.78 is 10.3. The van der Waals surface area contributed by atoms with E-state index in [1.165, 1.54) is 26.4 Å². The lowest BCUT2D eigenvalue weighted by atomic mass is 10.1. The molecule has 2 amide bonds. The summed E-state index contributed by atoms with van der Waals surface area (Å²) in [6.45, 7) is 0. The molecule has 7 nitrogen and oxygen atoms in total. The SMILES string of the molecule is COc1cc(NC(=O)CCCc2nccs2)c(C(N)=O)cc1OC. The van der Waals surface area contributed by atoms with Gasteiger partial charge in [0.1, 0.15) is 0 Å². The van der Waals surface area contributed by atoms with E-state index >= 15 is 0 Å². The summed E-state index contributed by atoms with van der Waals surface area (Å²) in [7, 11) is 2.93. The Kier molecular flexibility index (Phi) is 6.14. The molecular weight excluding hydrogens is 330 g/mol. The first-order valence-corrected chi connectivity index (χ1v) is 8.17. The van der Waals surface area contributed by atoms with Crippen LogP contribution < -0.4 is 20.5 Å². The zero-order valence-electron chi connectivity index (χ0n) is 13.5. The average Bonchev–Trinajstić information content (AvgIpc) is 3.07. The van der Waals surface area contributed by atoms with Gasteiger partial charge in [-0.2, -0.15) is 0 Å². The molecule has 2 rings (SSSR count). The number of nitrogens with one attached hydrogen (secondary N) is 1. The molecule has 128 valence electrons. The summed E-state index contributed by atoms with van der Waals surface area (Å²) in [5.74, 6) is -0.0935. The Bertz CT molecular complexity index is 716. The zero-order valence-corrected chi connectivity index (χ0v) is 14.3. The van der Waals surface area contributed by atoms with Crippen molar-refractivity contribution < 1.29 is 19.1 Å². The topological polar surface area (TPSA) is 104 Å². The Morgan fingerprint density at radius 2 is 1.96 bits per heavy atom. The van der Waals surface area contributed by atoms with Gasteiger partial charge in [-0.05, 0) is 18.9 Å². The number of primary amides is 1. The van der Waals surface area contributed by atoms with Crippen molar-refractivity contribution in [3.63, 3.8) is 0 Å². The highest BCUT2D eigenvalue weighted by Gasteiger charge is 2.16. The molecule has 0 aliphatic rings. The fourth-order valence-electron chi connectivity index (χ4n) is 2.18. The van der Waals surface area contributed by atoms with Crippen LogP contribution in [0.25, 0.3) is 0 Å². The van der Waals surface area contributed by atoms with E-state index in [2.05, 4.69) is 10.3 Å². The van der Waals surface area contributed by atoms with Crippen molar-refractivity contribution >= 4 is 28.8 Å².